The molecule has 1 aromatic rings. The lowest BCUT2D eigenvalue weighted by Crippen LogP contribution is -2.50. The molecule has 23 heavy (non-hydrogen) atoms. The van der Waals surface area contributed by atoms with Crippen molar-refractivity contribution in [3.05, 3.63) is 35.9 Å². The van der Waals surface area contributed by atoms with Crippen LogP contribution in [0, 0.1) is 5.92 Å². The molecule has 2 unspecified atom stereocenters. The quantitative estimate of drug-likeness (QED) is 0.847. The van der Waals surface area contributed by atoms with Gasteiger partial charge in [0.1, 0.15) is 6.04 Å². The van der Waals surface area contributed by atoms with Crippen molar-refractivity contribution < 1.29 is 9.59 Å². The van der Waals surface area contributed by atoms with Crippen LogP contribution in [-0.2, 0) is 4.79 Å². The van der Waals surface area contributed by atoms with Gasteiger partial charge in [-0.25, -0.2) is 4.79 Å². The van der Waals surface area contributed by atoms with E-state index < -0.39 is 6.04 Å². The fourth-order valence-electron chi connectivity index (χ4n) is 2.83. The van der Waals surface area contributed by atoms with Crippen molar-refractivity contribution in [2.24, 2.45) is 5.92 Å². The molecule has 2 atom stereocenters. The van der Waals surface area contributed by atoms with Crippen molar-refractivity contribution in [1.29, 1.82) is 0 Å². The van der Waals surface area contributed by atoms with Crippen LogP contribution >= 0.6 is 0 Å². The fourth-order valence-corrected chi connectivity index (χ4v) is 2.83. The summed E-state index contributed by atoms with van der Waals surface area (Å²) in [6.45, 7) is 4.25. The van der Waals surface area contributed by atoms with Gasteiger partial charge in [-0.2, -0.15) is 0 Å². The molecular formula is C18H27N3O2. The molecule has 1 aromatic carbocycles. The van der Waals surface area contributed by atoms with Crippen molar-refractivity contribution in [2.75, 3.05) is 13.6 Å². The Bertz CT molecular complexity index is 528. The molecule has 0 heterocycles. The van der Waals surface area contributed by atoms with Gasteiger partial charge in [0.25, 0.3) is 0 Å². The minimum Gasteiger partial charge on any atom is -0.344 e. The summed E-state index contributed by atoms with van der Waals surface area (Å²) in [6, 6.07) is 9.24. The Morgan fingerprint density at radius 2 is 1.87 bits per heavy atom. The van der Waals surface area contributed by atoms with Crippen LogP contribution in [0.2, 0.25) is 0 Å². The van der Waals surface area contributed by atoms with Crippen LogP contribution in [0.4, 0.5) is 4.79 Å². The van der Waals surface area contributed by atoms with E-state index in [1.54, 1.807) is 18.9 Å². The van der Waals surface area contributed by atoms with E-state index >= 15 is 0 Å². The molecule has 1 fully saturated rings. The summed E-state index contributed by atoms with van der Waals surface area (Å²) in [5, 5.41) is 5.81. The van der Waals surface area contributed by atoms with Crippen molar-refractivity contribution in [3.8, 4) is 0 Å². The Hall–Kier alpha value is -2.04. The van der Waals surface area contributed by atoms with Crippen LogP contribution in [0.5, 0.6) is 0 Å². The zero-order valence-corrected chi connectivity index (χ0v) is 14.2. The van der Waals surface area contributed by atoms with Crippen molar-refractivity contribution >= 4 is 11.9 Å². The number of carbonyl (C=O) groups excluding carboxylic acids is 2. The van der Waals surface area contributed by atoms with Gasteiger partial charge in [-0.05, 0) is 38.2 Å². The van der Waals surface area contributed by atoms with E-state index in [2.05, 4.69) is 10.6 Å². The molecule has 0 spiro atoms. The number of benzene rings is 1. The number of hydrogen-bond donors (Lipinski definition) is 2. The van der Waals surface area contributed by atoms with E-state index in [4.69, 9.17) is 0 Å². The molecule has 1 aliphatic carbocycles. The lowest BCUT2D eigenvalue weighted by atomic mass is 9.77. The van der Waals surface area contributed by atoms with E-state index in [-0.39, 0.29) is 18.0 Å². The largest absolute Gasteiger partial charge is 0.344 e. The number of hydrogen-bond acceptors (Lipinski definition) is 2. The Morgan fingerprint density at radius 1 is 1.22 bits per heavy atom. The molecule has 3 amide bonds. The van der Waals surface area contributed by atoms with E-state index in [0.29, 0.717) is 12.5 Å². The Balaban J connectivity index is 1.97. The number of likely N-dealkylation sites (N-methyl/N-ethyl adjacent to an activating group) is 1. The van der Waals surface area contributed by atoms with E-state index in [9.17, 15) is 9.59 Å². The SMILES string of the molecule is CCN(C)C(=O)C(C)NC(=O)NC(c1ccccc1)C1CCC1. The molecule has 5 heteroatoms. The zero-order chi connectivity index (χ0) is 16.8. The maximum Gasteiger partial charge on any atom is 0.315 e. The fraction of sp³-hybridized carbons (Fsp3) is 0.556. The first-order valence-corrected chi connectivity index (χ1v) is 8.39. The van der Waals surface area contributed by atoms with Crippen LogP contribution in [-0.4, -0.2) is 36.5 Å². The summed E-state index contributed by atoms with van der Waals surface area (Å²) < 4.78 is 0. The summed E-state index contributed by atoms with van der Waals surface area (Å²) in [4.78, 5) is 26.0. The highest BCUT2D eigenvalue weighted by molar-refractivity contribution is 5.86. The highest BCUT2D eigenvalue weighted by atomic mass is 16.2. The highest BCUT2D eigenvalue weighted by Gasteiger charge is 2.30. The first-order chi connectivity index (χ1) is 11.0. The molecule has 126 valence electrons. The van der Waals surface area contributed by atoms with Gasteiger partial charge in [-0.15, -0.1) is 0 Å². The van der Waals surface area contributed by atoms with Crippen molar-refractivity contribution in [2.45, 2.75) is 45.2 Å². The van der Waals surface area contributed by atoms with Gasteiger partial charge >= 0.3 is 6.03 Å². The predicted molar refractivity (Wildman–Crippen MR) is 91.0 cm³/mol. The third-order valence-corrected chi connectivity index (χ3v) is 4.64. The smallest absolute Gasteiger partial charge is 0.315 e. The summed E-state index contributed by atoms with van der Waals surface area (Å²) in [5.74, 6) is 0.398. The minimum absolute atomic E-state index is 0.0103. The van der Waals surface area contributed by atoms with Crippen LogP contribution in [0.1, 0.15) is 44.7 Å². The van der Waals surface area contributed by atoms with Crippen LogP contribution in [0.3, 0.4) is 0 Å². The molecule has 2 N–H and O–H groups in total. The van der Waals surface area contributed by atoms with Gasteiger partial charge in [0.2, 0.25) is 5.91 Å². The number of nitrogens with zero attached hydrogens (tertiary/aromatic N) is 1. The lowest BCUT2D eigenvalue weighted by Gasteiger charge is -2.35. The van der Waals surface area contributed by atoms with E-state index in [0.717, 1.165) is 18.4 Å². The molecule has 1 aliphatic rings. The summed E-state index contributed by atoms with van der Waals surface area (Å²) in [5.41, 5.74) is 1.12. The summed E-state index contributed by atoms with van der Waals surface area (Å²) in [7, 11) is 1.74. The molecular weight excluding hydrogens is 290 g/mol. The monoisotopic (exact) mass is 317 g/mol. The number of nitrogens with one attached hydrogen (secondary N) is 2. The molecule has 0 saturated heterocycles. The van der Waals surface area contributed by atoms with Crippen molar-refractivity contribution in [1.82, 2.24) is 15.5 Å². The third-order valence-electron chi connectivity index (χ3n) is 4.64. The first kappa shape index (κ1) is 17.3. The summed E-state index contributed by atoms with van der Waals surface area (Å²) in [6.07, 6.45) is 3.48. The maximum absolute atomic E-state index is 12.3. The van der Waals surface area contributed by atoms with Crippen LogP contribution in [0.15, 0.2) is 30.3 Å². The topological polar surface area (TPSA) is 61.4 Å². The second-order valence-electron chi connectivity index (χ2n) is 6.27. The Kier molecular flexibility index (Phi) is 6.02. The third kappa shape index (κ3) is 4.47. The predicted octanol–water partition coefficient (Wildman–Crippen LogP) is 2.69. The average Bonchev–Trinajstić information content (AvgIpc) is 2.51. The Labute approximate surface area is 138 Å². The number of carbonyl (C=O) groups is 2. The number of urea groups is 1. The van der Waals surface area contributed by atoms with Gasteiger partial charge in [-0.1, -0.05) is 36.8 Å². The second kappa shape index (κ2) is 7.99. The molecule has 0 aromatic heterocycles. The zero-order valence-electron chi connectivity index (χ0n) is 14.2. The van der Waals surface area contributed by atoms with Crippen LogP contribution in [0.25, 0.3) is 0 Å². The second-order valence-corrected chi connectivity index (χ2v) is 6.27. The highest BCUT2D eigenvalue weighted by Crippen LogP contribution is 2.37. The van der Waals surface area contributed by atoms with Gasteiger partial charge in [0.15, 0.2) is 0 Å². The average molecular weight is 317 g/mol. The standard InChI is InChI=1S/C18H27N3O2/c1-4-21(3)17(22)13(2)19-18(23)20-16(15-11-8-12-15)14-9-6-5-7-10-14/h5-7,9-10,13,15-16H,4,8,11-12H2,1-3H3,(H2,19,20,23). The van der Waals surface area contributed by atoms with E-state index in [1.165, 1.54) is 6.42 Å². The summed E-state index contributed by atoms with van der Waals surface area (Å²) >= 11 is 0. The van der Waals surface area contributed by atoms with Gasteiger partial charge in [0.05, 0.1) is 6.04 Å². The normalized spacial score (nSPS) is 16.8. The first-order valence-electron chi connectivity index (χ1n) is 8.39. The van der Waals surface area contributed by atoms with Gasteiger partial charge in [0, 0.05) is 13.6 Å². The molecule has 5 nitrogen and oxygen atoms in total. The maximum atomic E-state index is 12.3. The number of amides is 3. The van der Waals surface area contributed by atoms with Crippen LogP contribution < -0.4 is 10.6 Å². The molecule has 2 rings (SSSR count). The lowest BCUT2D eigenvalue weighted by molar-refractivity contribution is -0.131. The minimum atomic E-state index is -0.530. The molecule has 0 bridgehead atoms. The van der Waals surface area contributed by atoms with Crippen molar-refractivity contribution in [3.63, 3.8) is 0 Å². The van der Waals surface area contributed by atoms with Gasteiger partial charge < -0.3 is 15.5 Å². The van der Waals surface area contributed by atoms with Gasteiger partial charge in [-0.3, -0.25) is 4.79 Å². The Morgan fingerprint density at radius 3 is 2.39 bits per heavy atom. The molecule has 0 radical (unpaired) electrons. The molecule has 1 saturated carbocycles. The molecule has 0 aliphatic heterocycles. The number of rotatable bonds is 6. The van der Waals surface area contributed by atoms with E-state index in [1.807, 2.05) is 37.3 Å².